The van der Waals surface area contributed by atoms with Crippen LogP contribution in [0, 0.1) is 6.92 Å². The second-order valence-corrected chi connectivity index (χ2v) is 8.56. The lowest BCUT2D eigenvalue weighted by atomic mass is 10.1. The Kier molecular flexibility index (Phi) is 6.83. The van der Waals surface area contributed by atoms with E-state index in [0.29, 0.717) is 49.2 Å². The molecule has 0 atom stereocenters. The molecule has 2 heterocycles. The minimum atomic E-state index is -0.395. The summed E-state index contributed by atoms with van der Waals surface area (Å²) in [7, 11) is 4.51. The number of aryl methyl sites for hydroxylation is 1. The van der Waals surface area contributed by atoms with Gasteiger partial charge >= 0.3 is 0 Å². The van der Waals surface area contributed by atoms with E-state index in [2.05, 4.69) is 10.3 Å². The van der Waals surface area contributed by atoms with Gasteiger partial charge in [0, 0.05) is 5.56 Å². The Labute approximate surface area is 204 Å². The van der Waals surface area contributed by atoms with E-state index in [1.807, 2.05) is 0 Å². The number of nitrogens with zero attached hydrogens (tertiary/aromatic N) is 2. The van der Waals surface area contributed by atoms with Crippen molar-refractivity contribution < 1.29 is 23.8 Å². The fraction of sp³-hybridized carbons (Fsp3) is 0.200. The van der Waals surface area contributed by atoms with E-state index in [1.165, 1.54) is 32.2 Å². The summed E-state index contributed by atoms with van der Waals surface area (Å²) in [5.74, 6) is 0.767. The number of carbonyl (C=O) groups excluding carboxylic acids is 2. The minimum absolute atomic E-state index is 0.213. The van der Waals surface area contributed by atoms with Gasteiger partial charge in [-0.25, -0.2) is 4.98 Å². The van der Waals surface area contributed by atoms with E-state index in [1.54, 1.807) is 49.4 Å². The zero-order valence-electron chi connectivity index (χ0n) is 19.6. The van der Waals surface area contributed by atoms with E-state index < -0.39 is 5.56 Å². The number of aromatic nitrogens is 2. The molecule has 4 aromatic rings. The average Bonchev–Trinajstić information content (AvgIpc) is 3.22. The summed E-state index contributed by atoms with van der Waals surface area (Å²) in [6, 6.07) is 11.9. The molecule has 1 N–H and O–H groups in total. The van der Waals surface area contributed by atoms with Crippen LogP contribution < -0.4 is 25.1 Å². The first-order valence-corrected chi connectivity index (χ1v) is 11.4. The number of ether oxygens (including phenoxy) is 3. The lowest BCUT2D eigenvalue weighted by Crippen LogP contribution is -2.24. The van der Waals surface area contributed by atoms with Crippen LogP contribution in [0.5, 0.6) is 17.2 Å². The van der Waals surface area contributed by atoms with Gasteiger partial charge in [-0.15, -0.1) is 11.3 Å². The maximum Gasteiger partial charge on any atom is 0.266 e. The Bertz CT molecular complexity index is 1490. The van der Waals surface area contributed by atoms with Gasteiger partial charge in [0.2, 0.25) is 0 Å². The Morgan fingerprint density at radius 2 is 1.71 bits per heavy atom. The number of hydrogen-bond donors (Lipinski definition) is 1. The van der Waals surface area contributed by atoms with Crippen LogP contribution in [0.4, 0.5) is 5.69 Å². The van der Waals surface area contributed by atoms with Crippen molar-refractivity contribution in [3.8, 4) is 17.2 Å². The van der Waals surface area contributed by atoms with Gasteiger partial charge in [0.1, 0.15) is 10.6 Å². The molecular formula is C25H23N3O6S. The van der Waals surface area contributed by atoms with Gasteiger partial charge in [-0.2, -0.15) is 0 Å². The molecule has 4 rings (SSSR count). The third-order valence-electron chi connectivity index (χ3n) is 5.50. The third kappa shape index (κ3) is 4.60. The number of methoxy groups -OCH3 is 3. The highest BCUT2D eigenvalue weighted by Gasteiger charge is 2.21. The molecule has 0 aliphatic rings. The molecule has 0 fully saturated rings. The summed E-state index contributed by atoms with van der Waals surface area (Å²) in [5, 5.41) is 3.13. The largest absolute Gasteiger partial charge is 0.495 e. The van der Waals surface area contributed by atoms with Gasteiger partial charge in [-0.05, 0) is 42.8 Å². The third-order valence-corrected chi connectivity index (χ3v) is 6.70. The number of thiophene rings is 1. The van der Waals surface area contributed by atoms with Crippen LogP contribution in [0.3, 0.4) is 0 Å². The van der Waals surface area contributed by atoms with Crippen LogP contribution >= 0.6 is 11.3 Å². The number of fused-ring (bicyclic) bond motifs is 1. The number of Topliss-reactive ketones (excluding diaryl/α,β-unsaturated/α-hetero) is 1. The monoisotopic (exact) mass is 493 g/mol. The van der Waals surface area contributed by atoms with Crippen molar-refractivity contribution in [3.63, 3.8) is 0 Å². The van der Waals surface area contributed by atoms with Crippen molar-refractivity contribution in [1.82, 2.24) is 9.55 Å². The van der Waals surface area contributed by atoms with Crippen LogP contribution in [-0.4, -0.2) is 42.6 Å². The summed E-state index contributed by atoms with van der Waals surface area (Å²) >= 11 is 1.12. The van der Waals surface area contributed by atoms with E-state index in [4.69, 9.17) is 14.2 Å². The first-order valence-electron chi connectivity index (χ1n) is 10.6. The molecule has 0 radical (unpaired) electrons. The maximum atomic E-state index is 13.2. The Balaban J connectivity index is 1.63. The second kappa shape index (κ2) is 9.98. The molecule has 0 spiro atoms. The molecule has 0 saturated carbocycles. The number of amides is 1. The van der Waals surface area contributed by atoms with Crippen molar-refractivity contribution in [2.75, 3.05) is 26.6 Å². The molecule has 0 unspecified atom stereocenters. The van der Waals surface area contributed by atoms with Crippen molar-refractivity contribution in [1.29, 1.82) is 0 Å². The Hall–Kier alpha value is -4.18. The molecule has 10 heteroatoms. The average molecular weight is 494 g/mol. The minimum Gasteiger partial charge on any atom is -0.495 e. The van der Waals surface area contributed by atoms with E-state index in [-0.39, 0.29) is 18.2 Å². The smallest absolute Gasteiger partial charge is 0.266 e. The molecule has 0 saturated heterocycles. The number of ketones is 1. The number of anilines is 1. The molecule has 1 amide bonds. The molecule has 9 nitrogen and oxygen atoms in total. The SMILES string of the molecule is COc1ccccc1NC(=O)c1sc2ncn(CC(=O)c3ccc(OC)c(OC)c3)c(=O)c2c1C. The lowest BCUT2D eigenvalue weighted by molar-refractivity contribution is 0.0969. The summed E-state index contributed by atoms with van der Waals surface area (Å²) < 4.78 is 17.0. The molecule has 0 bridgehead atoms. The molecular weight excluding hydrogens is 470 g/mol. The van der Waals surface area contributed by atoms with Gasteiger partial charge in [0.15, 0.2) is 17.3 Å². The Morgan fingerprint density at radius 1 is 1.00 bits per heavy atom. The number of carbonyl (C=O) groups is 2. The first kappa shape index (κ1) is 24.0. The van der Waals surface area contributed by atoms with Gasteiger partial charge < -0.3 is 19.5 Å². The zero-order valence-corrected chi connectivity index (χ0v) is 20.4. The van der Waals surface area contributed by atoms with E-state index in [0.717, 1.165) is 11.3 Å². The fourth-order valence-electron chi connectivity index (χ4n) is 3.67. The van der Waals surface area contributed by atoms with Crippen molar-refractivity contribution in [2.24, 2.45) is 0 Å². The molecule has 2 aromatic heterocycles. The lowest BCUT2D eigenvalue weighted by Gasteiger charge is -2.10. The number of nitrogens with one attached hydrogen (secondary N) is 1. The van der Waals surface area contributed by atoms with Crippen LogP contribution in [-0.2, 0) is 6.54 Å². The molecule has 0 aliphatic heterocycles. The highest BCUT2D eigenvalue weighted by Crippen LogP contribution is 2.30. The maximum absolute atomic E-state index is 13.2. The van der Waals surface area contributed by atoms with Gasteiger partial charge in [0.25, 0.3) is 11.5 Å². The quantitative estimate of drug-likeness (QED) is 0.371. The predicted octanol–water partition coefficient (Wildman–Crippen LogP) is 3.93. The summed E-state index contributed by atoms with van der Waals surface area (Å²) in [6.45, 7) is 1.48. The predicted molar refractivity (Wildman–Crippen MR) is 133 cm³/mol. The van der Waals surface area contributed by atoms with Gasteiger partial charge in [0.05, 0.1) is 50.2 Å². The highest BCUT2D eigenvalue weighted by molar-refractivity contribution is 7.20. The number of benzene rings is 2. The van der Waals surface area contributed by atoms with Crippen molar-refractivity contribution in [3.05, 3.63) is 75.1 Å². The van der Waals surface area contributed by atoms with Crippen LogP contribution in [0.25, 0.3) is 10.2 Å². The normalized spacial score (nSPS) is 10.7. The van der Waals surface area contributed by atoms with Crippen LogP contribution in [0.15, 0.2) is 53.6 Å². The molecule has 180 valence electrons. The number of hydrogen-bond acceptors (Lipinski definition) is 8. The van der Waals surface area contributed by atoms with E-state index >= 15 is 0 Å². The van der Waals surface area contributed by atoms with Crippen molar-refractivity contribution >= 4 is 38.9 Å². The fourth-order valence-corrected chi connectivity index (χ4v) is 4.71. The second-order valence-electron chi connectivity index (χ2n) is 7.56. The Morgan fingerprint density at radius 3 is 2.43 bits per heavy atom. The van der Waals surface area contributed by atoms with Crippen molar-refractivity contribution in [2.45, 2.75) is 13.5 Å². The standard InChI is InChI=1S/C25H23N3O6S/c1-14-21-24(35-22(14)23(30)27-16-7-5-6-8-18(16)32-2)26-13-28(25(21)31)12-17(29)15-9-10-19(33-3)20(11-15)34-4/h5-11,13H,12H2,1-4H3,(H,27,30). The molecule has 35 heavy (non-hydrogen) atoms. The number of rotatable bonds is 8. The van der Waals surface area contributed by atoms with Crippen LogP contribution in [0.1, 0.15) is 25.6 Å². The summed E-state index contributed by atoms with van der Waals surface area (Å²) in [6.07, 6.45) is 1.32. The molecule has 2 aromatic carbocycles. The summed E-state index contributed by atoms with van der Waals surface area (Å²) in [5.41, 5.74) is 0.994. The van der Waals surface area contributed by atoms with Crippen LogP contribution in [0.2, 0.25) is 0 Å². The molecule has 0 aliphatic carbocycles. The van der Waals surface area contributed by atoms with Gasteiger partial charge in [-0.3, -0.25) is 19.0 Å². The van der Waals surface area contributed by atoms with E-state index in [9.17, 15) is 14.4 Å². The zero-order chi connectivity index (χ0) is 25.1. The summed E-state index contributed by atoms with van der Waals surface area (Å²) in [4.78, 5) is 44.2. The first-order chi connectivity index (χ1) is 16.9. The number of para-hydroxylation sites is 2. The van der Waals surface area contributed by atoms with Gasteiger partial charge in [-0.1, -0.05) is 12.1 Å². The topological polar surface area (TPSA) is 109 Å². The highest BCUT2D eigenvalue weighted by atomic mass is 32.1.